The van der Waals surface area contributed by atoms with Crippen molar-refractivity contribution in [3.05, 3.63) is 35.9 Å². The topological polar surface area (TPSA) is 57.2 Å². The Morgan fingerprint density at radius 2 is 1.92 bits per heavy atom. The molecule has 1 heterocycles. The first-order valence-corrected chi connectivity index (χ1v) is 8.54. The molecular weight excluding hydrogens is 308 g/mol. The molecule has 1 aliphatic heterocycles. The molecule has 2 aliphatic rings. The Morgan fingerprint density at radius 1 is 1.21 bits per heavy atom. The lowest BCUT2D eigenvalue weighted by molar-refractivity contribution is -0.183. The van der Waals surface area contributed by atoms with Crippen LogP contribution in [-0.4, -0.2) is 43.1 Å². The maximum Gasteiger partial charge on any atom is 0.189 e. The van der Waals surface area contributed by atoms with Crippen LogP contribution in [0.15, 0.2) is 30.3 Å². The number of methoxy groups -OCH3 is 1. The minimum atomic E-state index is -0.709. The monoisotopic (exact) mass is 336 g/mol. The lowest BCUT2D eigenvalue weighted by atomic mass is 9.93. The molecule has 3 rings (SSSR count). The van der Waals surface area contributed by atoms with Gasteiger partial charge in [-0.05, 0) is 31.7 Å². The second-order valence-electron chi connectivity index (χ2n) is 7.51. The van der Waals surface area contributed by atoms with Crippen LogP contribution in [0.1, 0.15) is 32.8 Å². The Balaban J connectivity index is 1.78. The van der Waals surface area contributed by atoms with E-state index in [1.807, 2.05) is 44.2 Å². The second kappa shape index (κ2) is 6.73. The van der Waals surface area contributed by atoms with E-state index in [1.165, 1.54) is 0 Å². The molecule has 1 aliphatic carbocycles. The van der Waals surface area contributed by atoms with E-state index in [0.717, 1.165) is 12.0 Å². The minimum absolute atomic E-state index is 0.130. The molecule has 5 nitrogen and oxygen atoms in total. The first-order chi connectivity index (χ1) is 11.4. The summed E-state index contributed by atoms with van der Waals surface area (Å²) in [5.41, 5.74) is 0.980. The van der Waals surface area contributed by atoms with Crippen LogP contribution in [0, 0.1) is 11.3 Å². The fourth-order valence-electron chi connectivity index (χ4n) is 3.66. The van der Waals surface area contributed by atoms with Gasteiger partial charge in [0.1, 0.15) is 6.10 Å². The number of benzene rings is 1. The average Bonchev–Trinajstić information content (AvgIpc) is 3.13. The summed E-state index contributed by atoms with van der Waals surface area (Å²) >= 11 is 0. The van der Waals surface area contributed by atoms with Crippen molar-refractivity contribution in [1.29, 1.82) is 0 Å². The van der Waals surface area contributed by atoms with Gasteiger partial charge in [-0.2, -0.15) is 0 Å². The molecule has 0 bridgehead atoms. The van der Waals surface area contributed by atoms with Gasteiger partial charge in [0.15, 0.2) is 12.1 Å². The van der Waals surface area contributed by atoms with Gasteiger partial charge in [-0.1, -0.05) is 37.3 Å². The zero-order valence-electron chi connectivity index (χ0n) is 14.9. The van der Waals surface area contributed by atoms with E-state index in [0.29, 0.717) is 6.61 Å². The van der Waals surface area contributed by atoms with Gasteiger partial charge in [-0.3, -0.25) is 0 Å². The predicted molar refractivity (Wildman–Crippen MR) is 89.2 cm³/mol. The van der Waals surface area contributed by atoms with Gasteiger partial charge in [-0.15, -0.1) is 0 Å². The van der Waals surface area contributed by atoms with Gasteiger partial charge in [0, 0.05) is 19.1 Å². The number of ether oxygens (including phenoxy) is 4. The van der Waals surface area contributed by atoms with Crippen LogP contribution in [0.25, 0.3) is 0 Å². The van der Waals surface area contributed by atoms with Gasteiger partial charge in [0.25, 0.3) is 0 Å². The molecule has 5 heteroatoms. The van der Waals surface area contributed by atoms with Gasteiger partial charge in [0.05, 0.1) is 12.7 Å². The molecule has 134 valence electrons. The van der Waals surface area contributed by atoms with E-state index in [9.17, 15) is 5.11 Å². The van der Waals surface area contributed by atoms with Crippen LogP contribution in [0.4, 0.5) is 0 Å². The molecular formula is C19H28O5. The molecule has 5 atom stereocenters. The highest BCUT2D eigenvalue weighted by molar-refractivity contribution is 5.14. The van der Waals surface area contributed by atoms with E-state index < -0.39 is 12.1 Å². The van der Waals surface area contributed by atoms with E-state index in [1.54, 1.807) is 7.11 Å². The molecule has 0 amide bonds. The average molecular weight is 336 g/mol. The van der Waals surface area contributed by atoms with Crippen LogP contribution in [0.3, 0.4) is 0 Å². The fraction of sp³-hybridized carbons (Fsp3) is 0.684. The molecule has 24 heavy (non-hydrogen) atoms. The maximum absolute atomic E-state index is 9.59. The molecule has 5 unspecified atom stereocenters. The summed E-state index contributed by atoms with van der Waals surface area (Å²) in [5.74, 6) is -0.484. The summed E-state index contributed by atoms with van der Waals surface area (Å²) in [4.78, 5) is 0. The number of hydrogen-bond donors (Lipinski definition) is 1. The van der Waals surface area contributed by atoms with Crippen molar-refractivity contribution in [3.63, 3.8) is 0 Å². The van der Waals surface area contributed by atoms with Crippen LogP contribution in [0.2, 0.25) is 0 Å². The first kappa shape index (κ1) is 17.8. The highest BCUT2D eigenvalue weighted by atomic mass is 16.8. The second-order valence-corrected chi connectivity index (χ2v) is 7.51. The summed E-state index contributed by atoms with van der Waals surface area (Å²) in [6.07, 6.45) is -0.0889. The molecule has 1 saturated carbocycles. The Labute approximate surface area is 143 Å². The van der Waals surface area contributed by atoms with E-state index in [2.05, 4.69) is 6.92 Å². The molecule has 1 aromatic rings. The van der Waals surface area contributed by atoms with Crippen molar-refractivity contribution >= 4 is 0 Å². The van der Waals surface area contributed by atoms with Crippen molar-refractivity contribution < 1.29 is 24.1 Å². The number of aliphatic hydroxyl groups is 1. The third-order valence-corrected chi connectivity index (χ3v) is 5.22. The summed E-state index contributed by atoms with van der Waals surface area (Å²) in [6, 6.07) is 10.1. The zero-order chi connectivity index (χ0) is 17.4. The third kappa shape index (κ3) is 3.51. The summed E-state index contributed by atoms with van der Waals surface area (Å²) < 4.78 is 23.8. The van der Waals surface area contributed by atoms with E-state index >= 15 is 0 Å². The number of rotatable bonds is 7. The normalized spacial score (nSPS) is 35.8. The molecule has 1 saturated heterocycles. The van der Waals surface area contributed by atoms with Crippen molar-refractivity contribution in [3.8, 4) is 0 Å². The smallest absolute Gasteiger partial charge is 0.189 e. The number of hydrogen-bond acceptors (Lipinski definition) is 5. The maximum atomic E-state index is 9.59. The lowest BCUT2D eigenvalue weighted by Gasteiger charge is -2.32. The largest absolute Gasteiger partial charge is 0.396 e. The molecule has 1 N–H and O–H groups in total. The highest BCUT2D eigenvalue weighted by Gasteiger charge is 2.61. The van der Waals surface area contributed by atoms with Crippen LogP contribution < -0.4 is 0 Å². The van der Waals surface area contributed by atoms with Crippen LogP contribution in [-0.2, 0) is 25.6 Å². The van der Waals surface area contributed by atoms with Crippen molar-refractivity contribution in [2.45, 2.75) is 58.1 Å². The number of aliphatic hydroxyl groups excluding tert-OH is 1. The Kier molecular flexibility index (Phi) is 5.00. The summed E-state index contributed by atoms with van der Waals surface area (Å²) in [7, 11) is 1.62. The zero-order valence-corrected chi connectivity index (χ0v) is 14.9. The first-order valence-electron chi connectivity index (χ1n) is 8.54. The van der Waals surface area contributed by atoms with Crippen molar-refractivity contribution in [2.24, 2.45) is 11.3 Å². The summed E-state index contributed by atoms with van der Waals surface area (Å²) in [6.45, 7) is 6.56. The predicted octanol–water partition coefficient (Wildman–Crippen LogP) is 2.71. The van der Waals surface area contributed by atoms with Crippen molar-refractivity contribution in [2.75, 3.05) is 13.7 Å². The molecule has 0 spiro atoms. The Hall–Kier alpha value is -0.980. The van der Waals surface area contributed by atoms with Gasteiger partial charge >= 0.3 is 0 Å². The molecule has 2 fully saturated rings. The Bertz CT molecular complexity index is 546. The third-order valence-electron chi connectivity index (χ3n) is 5.22. The summed E-state index contributed by atoms with van der Waals surface area (Å²) in [5, 5.41) is 9.59. The lowest BCUT2D eigenvalue weighted by Crippen LogP contribution is -2.44. The standard InChI is InChI=1S/C19H28O5/c1-18(2)23-15(17(21-4)24-18)16(19(3)10-14(19)11-20)22-12-13-8-6-5-7-9-13/h5-9,14-17,20H,10-12H2,1-4H3. The van der Waals surface area contributed by atoms with Gasteiger partial charge in [-0.25, -0.2) is 0 Å². The van der Waals surface area contributed by atoms with E-state index in [4.69, 9.17) is 18.9 Å². The van der Waals surface area contributed by atoms with Crippen LogP contribution in [0.5, 0.6) is 0 Å². The Morgan fingerprint density at radius 3 is 2.50 bits per heavy atom. The van der Waals surface area contributed by atoms with Crippen molar-refractivity contribution in [1.82, 2.24) is 0 Å². The van der Waals surface area contributed by atoms with Gasteiger partial charge in [0.2, 0.25) is 0 Å². The molecule has 0 aromatic heterocycles. The fourth-order valence-corrected chi connectivity index (χ4v) is 3.66. The molecule has 1 aromatic carbocycles. The van der Waals surface area contributed by atoms with Gasteiger partial charge < -0.3 is 24.1 Å². The molecule has 0 radical (unpaired) electrons. The van der Waals surface area contributed by atoms with E-state index in [-0.39, 0.29) is 30.1 Å². The highest BCUT2D eigenvalue weighted by Crippen LogP contribution is 2.58. The van der Waals surface area contributed by atoms with Crippen LogP contribution >= 0.6 is 0 Å². The minimum Gasteiger partial charge on any atom is -0.396 e. The SMILES string of the molecule is COC1OC(C)(C)OC1C(OCc1ccccc1)C1(C)CC1CO. The quantitative estimate of drug-likeness (QED) is 0.830.